The Hall–Kier alpha value is -0.940. The molecule has 0 amide bonds. The number of aryl methyl sites for hydroxylation is 1. The first-order valence-electron chi connectivity index (χ1n) is 7.03. The van der Waals surface area contributed by atoms with Crippen molar-refractivity contribution in [3.63, 3.8) is 0 Å². The number of aromatic nitrogens is 3. The number of nitrogens with one attached hydrogen (secondary N) is 1. The van der Waals surface area contributed by atoms with Gasteiger partial charge in [-0.15, -0.1) is 5.10 Å². The van der Waals surface area contributed by atoms with Gasteiger partial charge in [0.1, 0.15) is 0 Å². The van der Waals surface area contributed by atoms with Crippen LogP contribution in [-0.2, 0) is 13.6 Å². The Kier molecular flexibility index (Phi) is 3.35. The average molecular weight is 249 g/mol. The Labute approximate surface area is 109 Å². The Balaban J connectivity index is 1.55. The molecule has 5 nitrogen and oxygen atoms in total. The van der Waals surface area contributed by atoms with E-state index in [0.717, 1.165) is 24.3 Å². The van der Waals surface area contributed by atoms with Crippen LogP contribution in [0.25, 0.3) is 0 Å². The number of fused-ring (bicyclic) bond motifs is 2. The van der Waals surface area contributed by atoms with Gasteiger partial charge in [0, 0.05) is 37.9 Å². The Morgan fingerprint density at radius 1 is 1.28 bits per heavy atom. The Morgan fingerprint density at radius 3 is 2.61 bits per heavy atom. The van der Waals surface area contributed by atoms with Crippen LogP contribution in [0.1, 0.15) is 37.8 Å². The van der Waals surface area contributed by atoms with Gasteiger partial charge in [0.2, 0.25) is 0 Å². The van der Waals surface area contributed by atoms with Crippen LogP contribution in [-0.4, -0.2) is 45.1 Å². The maximum Gasteiger partial charge on any atom is 0.0964 e. The molecule has 3 rings (SSSR count). The predicted octanol–water partition coefficient (Wildman–Crippen LogP) is 0.920. The first-order chi connectivity index (χ1) is 8.72. The molecule has 2 bridgehead atoms. The fourth-order valence-corrected chi connectivity index (χ4v) is 3.51. The maximum atomic E-state index is 4.13. The van der Waals surface area contributed by atoms with Crippen LogP contribution in [0.15, 0.2) is 6.20 Å². The van der Waals surface area contributed by atoms with E-state index < -0.39 is 0 Å². The lowest BCUT2D eigenvalue weighted by molar-refractivity contribution is 0.0481. The first kappa shape index (κ1) is 12.1. The second-order valence-electron chi connectivity index (χ2n) is 5.84. The highest BCUT2D eigenvalue weighted by Gasteiger charge is 2.35. The highest BCUT2D eigenvalue weighted by molar-refractivity contribution is 4.96. The van der Waals surface area contributed by atoms with Crippen molar-refractivity contribution in [2.45, 2.75) is 56.8 Å². The number of rotatable bonds is 3. The molecule has 0 spiro atoms. The molecule has 1 N–H and O–H groups in total. The highest BCUT2D eigenvalue weighted by Crippen LogP contribution is 2.32. The van der Waals surface area contributed by atoms with E-state index in [9.17, 15) is 0 Å². The summed E-state index contributed by atoms with van der Waals surface area (Å²) in [7, 11) is 4.21. The normalized spacial score (nSPS) is 32.7. The zero-order valence-electron chi connectivity index (χ0n) is 11.3. The summed E-state index contributed by atoms with van der Waals surface area (Å²) in [6.07, 6.45) is 8.71. The van der Waals surface area contributed by atoms with Crippen LogP contribution in [0, 0.1) is 0 Å². The summed E-state index contributed by atoms with van der Waals surface area (Å²) in [4.78, 5) is 2.60. The van der Waals surface area contributed by atoms with Crippen LogP contribution in [0.3, 0.4) is 0 Å². The van der Waals surface area contributed by atoms with E-state index in [4.69, 9.17) is 0 Å². The third-order valence-electron chi connectivity index (χ3n) is 4.56. The van der Waals surface area contributed by atoms with Gasteiger partial charge >= 0.3 is 0 Å². The molecular formula is C13H23N5. The summed E-state index contributed by atoms with van der Waals surface area (Å²) in [6.45, 7) is 0.849. The molecule has 2 fully saturated rings. The summed E-state index contributed by atoms with van der Waals surface area (Å²) in [6, 6.07) is 2.23. The molecule has 100 valence electrons. The number of hydrogen-bond acceptors (Lipinski definition) is 4. The topological polar surface area (TPSA) is 46.0 Å². The molecular weight excluding hydrogens is 226 g/mol. The van der Waals surface area contributed by atoms with Crippen LogP contribution >= 0.6 is 0 Å². The van der Waals surface area contributed by atoms with Gasteiger partial charge in [-0.3, -0.25) is 4.68 Å². The molecule has 18 heavy (non-hydrogen) atoms. The zero-order chi connectivity index (χ0) is 12.5. The summed E-state index contributed by atoms with van der Waals surface area (Å²) in [5.74, 6) is 0. The first-order valence-corrected chi connectivity index (χ1v) is 7.03. The lowest BCUT2D eigenvalue weighted by atomic mass is 9.82. The minimum Gasteiger partial charge on any atom is -0.308 e. The molecule has 2 saturated heterocycles. The van der Waals surface area contributed by atoms with Gasteiger partial charge in [-0.2, -0.15) is 0 Å². The van der Waals surface area contributed by atoms with E-state index in [1.165, 1.54) is 32.1 Å². The fraction of sp³-hybridized carbons (Fsp3) is 0.846. The lowest BCUT2D eigenvalue weighted by Gasteiger charge is -2.47. The molecule has 5 heteroatoms. The monoisotopic (exact) mass is 249 g/mol. The van der Waals surface area contributed by atoms with Gasteiger partial charge in [0.15, 0.2) is 0 Å². The van der Waals surface area contributed by atoms with E-state index in [-0.39, 0.29) is 0 Å². The van der Waals surface area contributed by atoms with Gasteiger partial charge in [0.25, 0.3) is 0 Å². The number of nitrogens with zero attached hydrogens (tertiary/aromatic N) is 4. The van der Waals surface area contributed by atoms with E-state index in [0.29, 0.717) is 6.04 Å². The van der Waals surface area contributed by atoms with Crippen LogP contribution in [0.5, 0.6) is 0 Å². The van der Waals surface area contributed by atoms with Gasteiger partial charge in [-0.1, -0.05) is 11.6 Å². The van der Waals surface area contributed by atoms with Crippen molar-refractivity contribution < 1.29 is 0 Å². The van der Waals surface area contributed by atoms with Crippen molar-refractivity contribution in [1.29, 1.82) is 0 Å². The van der Waals surface area contributed by atoms with Gasteiger partial charge in [-0.05, 0) is 32.7 Å². The zero-order valence-corrected chi connectivity index (χ0v) is 11.3. The van der Waals surface area contributed by atoms with Crippen molar-refractivity contribution in [2.24, 2.45) is 7.05 Å². The van der Waals surface area contributed by atoms with Crippen molar-refractivity contribution in [1.82, 2.24) is 25.2 Å². The molecule has 2 aliphatic rings. The molecule has 2 atom stereocenters. The molecule has 0 saturated carbocycles. The molecule has 3 heterocycles. The summed E-state index contributed by atoms with van der Waals surface area (Å²) >= 11 is 0. The third kappa shape index (κ3) is 2.42. The number of hydrogen-bond donors (Lipinski definition) is 1. The van der Waals surface area contributed by atoms with E-state index in [2.05, 4.69) is 27.6 Å². The second-order valence-corrected chi connectivity index (χ2v) is 5.84. The van der Waals surface area contributed by atoms with Gasteiger partial charge in [0.05, 0.1) is 5.69 Å². The summed E-state index contributed by atoms with van der Waals surface area (Å²) < 4.78 is 1.76. The maximum absolute atomic E-state index is 4.13. The number of piperidine rings is 2. The quantitative estimate of drug-likeness (QED) is 0.865. The lowest BCUT2D eigenvalue weighted by Crippen LogP contribution is -2.54. The standard InChI is InChI=1S/C13H23N5/c1-17-9-11(15-16-17)8-14-10-6-12-4-3-5-13(7-10)18(12)2/h9-10,12-14H,3-8H2,1-2H3. The highest BCUT2D eigenvalue weighted by atomic mass is 15.4. The summed E-state index contributed by atoms with van der Waals surface area (Å²) in [5.41, 5.74) is 1.04. The van der Waals surface area contributed by atoms with Crippen molar-refractivity contribution >= 4 is 0 Å². The Morgan fingerprint density at radius 2 is 2.00 bits per heavy atom. The molecule has 2 unspecified atom stereocenters. The van der Waals surface area contributed by atoms with E-state index in [1.54, 1.807) is 4.68 Å². The van der Waals surface area contributed by atoms with Gasteiger partial charge < -0.3 is 10.2 Å². The van der Waals surface area contributed by atoms with Crippen LogP contribution in [0.4, 0.5) is 0 Å². The minimum absolute atomic E-state index is 0.651. The van der Waals surface area contributed by atoms with Gasteiger partial charge in [-0.25, -0.2) is 0 Å². The van der Waals surface area contributed by atoms with Crippen molar-refractivity contribution in [2.75, 3.05) is 7.05 Å². The average Bonchev–Trinajstić information content (AvgIpc) is 2.73. The molecule has 0 aromatic carbocycles. The largest absolute Gasteiger partial charge is 0.308 e. The molecule has 2 aliphatic heterocycles. The minimum atomic E-state index is 0.651. The van der Waals surface area contributed by atoms with Crippen LogP contribution in [0.2, 0.25) is 0 Å². The van der Waals surface area contributed by atoms with E-state index in [1.807, 2.05) is 13.2 Å². The third-order valence-corrected chi connectivity index (χ3v) is 4.56. The molecule has 0 radical (unpaired) electrons. The fourth-order valence-electron chi connectivity index (χ4n) is 3.51. The Bertz CT molecular complexity index is 388. The molecule has 0 aliphatic carbocycles. The predicted molar refractivity (Wildman–Crippen MR) is 70.1 cm³/mol. The van der Waals surface area contributed by atoms with Crippen molar-refractivity contribution in [3.05, 3.63) is 11.9 Å². The summed E-state index contributed by atoms with van der Waals surface area (Å²) in [5, 5.41) is 11.8. The SMILES string of the molecule is CN1C2CCCC1CC(NCc1cn(C)nn1)C2. The molecule has 1 aromatic rings. The van der Waals surface area contributed by atoms with Crippen LogP contribution < -0.4 is 5.32 Å². The second kappa shape index (κ2) is 4.97. The smallest absolute Gasteiger partial charge is 0.0964 e. The van der Waals surface area contributed by atoms with Crippen molar-refractivity contribution in [3.8, 4) is 0 Å². The molecule has 1 aromatic heterocycles. The van der Waals surface area contributed by atoms with E-state index >= 15 is 0 Å².